The van der Waals surface area contributed by atoms with Gasteiger partial charge in [-0.3, -0.25) is 14.5 Å². The lowest BCUT2D eigenvalue weighted by Gasteiger charge is -2.13. The van der Waals surface area contributed by atoms with Crippen molar-refractivity contribution < 1.29 is 19.4 Å². The van der Waals surface area contributed by atoms with Crippen LogP contribution < -0.4 is 10.1 Å². The molecule has 1 aliphatic rings. The molecular weight excluding hydrogens is 308 g/mol. The van der Waals surface area contributed by atoms with E-state index in [0.717, 1.165) is 4.90 Å². The van der Waals surface area contributed by atoms with Gasteiger partial charge in [0.2, 0.25) is 0 Å². The summed E-state index contributed by atoms with van der Waals surface area (Å²) >= 11 is 0. The average molecular weight is 324 g/mol. The summed E-state index contributed by atoms with van der Waals surface area (Å²) in [7, 11) is 0. The lowest BCUT2D eigenvalue weighted by Crippen LogP contribution is -2.34. The highest BCUT2D eigenvalue weighted by Crippen LogP contribution is 2.25. The fourth-order valence-corrected chi connectivity index (χ4v) is 2.33. The van der Waals surface area contributed by atoms with E-state index in [0.29, 0.717) is 17.2 Å². The van der Waals surface area contributed by atoms with Gasteiger partial charge in [0.05, 0.1) is 13.2 Å². The standard InChI is InChI=1S/C18H16N2O4/c21-10-9-20-17(22)12-16(18(20)23)19-13-5-4-8-15(11-13)24-14-6-2-1-3-7-14/h1-8,11-12,19,21H,9-10H2. The van der Waals surface area contributed by atoms with E-state index in [1.165, 1.54) is 6.08 Å². The molecule has 2 aromatic carbocycles. The van der Waals surface area contributed by atoms with Crippen molar-refractivity contribution in [3.63, 3.8) is 0 Å². The number of nitrogens with zero attached hydrogens (tertiary/aromatic N) is 1. The molecule has 122 valence electrons. The van der Waals surface area contributed by atoms with Gasteiger partial charge in [-0.2, -0.15) is 0 Å². The summed E-state index contributed by atoms with van der Waals surface area (Å²) in [6.45, 7) is -0.282. The van der Waals surface area contributed by atoms with E-state index in [1.807, 2.05) is 30.3 Å². The third-order valence-electron chi connectivity index (χ3n) is 3.42. The number of amides is 2. The van der Waals surface area contributed by atoms with Gasteiger partial charge in [0, 0.05) is 17.8 Å². The van der Waals surface area contributed by atoms with Crippen LogP contribution in [0.3, 0.4) is 0 Å². The lowest BCUT2D eigenvalue weighted by atomic mass is 10.2. The number of carbonyl (C=O) groups excluding carboxylic acids is 2. The summed E-state index contributed by atoms with van der Waals surface area (Å²) in [5.74, 6) is 0.419. The molecule has 3 rings (SSSR count). The molecule has 6 heteroatoms. The number of hydrogen-bond donors (Lipinski definition) is 2. The van der Waals surface area contributed by atoms with Crippen molar-refractivity contribution in [2.45, 2.75) is 0 Å². The number of aliphatic hydroxyl groups excluding tert-OH is 1. The second-order valence-electron chi connectivity index (χ2n) is 5.14. The van der Waals surface area contributed by atoms with Crippen molar-refractivity contribution in [1.82, 2.24) is 4.90 Å². The van der Waals surface area contributed by atoms with Crippen molar-refractivity contribution in [3.05, 3.63) is 66.4 Å². The zero-order chi connectivity index (χ0) is 16.9. The van der Waals surface area contributed by atoms with Gasteiger partial charge in [-0.05, 0) is 24.3 Å². The number of imide groups is 1. The molecule has 0 saturated carbocycles. The van der Waals surface area contributed by atoms with Gasteiger partial charge in [-0.25, -0.2) is 0 Å². The summed E-state index contributed by atoms with van der Waals surface area (Å²) < 4.78 is 5.74. The van der Waals surface area contributed by atoms with Crippen LogP contribution in [0.2, 0.25) is 0 Å². The number of carbonyl (C=O) groups is 2. The lowest BCUT2D eigenvalue weighted by molar-refractivity contribution is -0.137. The predicted octanol–water partition coefficient (Wildman–Crippen LogP) is 2.14. The van der Waals surface area contributed by atoms with Crippen molar-refractivity contribution in [1.29, 1.82) is 0 Å². The molecule has 0 atom stereocenters. The molecule has 0 radical (unpaired) electrons. The summed E-state index contributed by atoms with van der Waals surface area (Å²) in [6, 6.07) is 16.4. The first-order valence-electron chi connectivity index (χ1n) is 7.46. The molecule has 0 unspecified atom stereocenters. The smallest absolute Gasteiger partial charge is 0.277 e. The number of ether oxygens (including phenoxy) is 1. The van der Waals surface area contributed by atoms with E-state index in [1.54, 1.807) is 24.3 Å². The number of hydrogen-bond acceptors (Lipinski definition) is 5. The fourth-order valence-electron chi connectivity index (χ4n) is 2.33. The Morgan fingerprint density at radius 2 is 1.75 bits per heavy atom. The Balaban J connectivity index is 1.72. The molecule has 0 spiro atoms. The minimum absolute atomic E-state index is 0.0174. The quantitative estimate of drug-likeness (QED) is 0.796. The summed E-state index contributed by atoms with van der Waals surface area (Å²) in [5, 5.41) is 11.8. The number of nitrogens with one attached hydrogen (secondary N) is 1. The molecule has 0 saturated heterocycles. The number of aliphatic hydroxyl groups is 1. The predicted molar refractivity (Wildman–Crippen MR) is 88.5 cm³/mol. The molecule has 1 aliphatic heterocycles. The second-order valence-corrected chi connectivity index (χ2v) is 5.14. The average Bonchev–Trinajstić information content (AvgIpc) is 2.84. The first-order chi connectivity index (χ1) is 11.7. The SMILES string of the molecule is O=C1C=C(Nc2cccc(Oc3ccccc3)c2)C(=O)N1CCO. The van der Waals surface area contributed by atoms with Crippen LogP contribution in [-0.4, -0.2) is 35.0 Å². The number of rotatable bonds is 6. The van der Waals surface area contributed by atoms with E-state index >= 15 is 0 Å². The Morgan fingerprint density at radius 1 is 1.00 bits per heavy atom. The van der Waals surface area contributed by atoms with Gasteiger partial charge in [0.15, 0.2) is 0 Å². The summed E-state index contributed by atoms with van der Waals surface area (Å²) in [4.78, 5) is 24.8. The van der Waals surface area contributed by atoms with E-state index in [-0.39, 0.29) is 18.8 Å². The second kappa shape index (κ2) is 6.97. The van der Waals surface area contributed by atoms with Gasteiger partial charge in [-0.1, -0.05) is 24.3 Å². The van der Waals surface area contributed by atoms with Crippen LogP contribution in [0, 0.1) is 0 Å². The Morgan fingerprint density at radius 3 is 2.50 bits per heavy atom. The molecule has 1 heterocycles. The maximum absolute atomic E-state index is 12.1. The highest BCUT2D eigenvalue weighted by Gasteiger charge is 2.30. The van der Waals surface area contributed by atoms with Crippen LogP contribution >= 0.6 is 0 Å². The maximum Gasteiger partial charge on any atom is 0.277 e. The number of anilines is 1. The minimum Gasteiger partial charge on any atom is -0.457 e. The Kier molecular flexibility index (Phi) is 4.58. The van der Waals surface area contributed by atoms with Crippen LogP contribution in [0.1, 0.15) is 0 Å². The van der Waals surface area contributed by atoms with E-state index < -0.39 is 11.8 Å². The first-order valence-corrected chi connectivity index (χ1v) is 7.46. The van der Waals surface area contributed by atoms with E-state index in [2.05, 4.69) is 5.32 Å². The zero-order valence-electron chi connectivity index (χ0n) is 12.8. The van der Waals surface area contributed by atoms with Crippen molar-refractivity contribution >= 4 is 17.5 Å². The van der Waals surface area contributed by atoms with Gasteiger partial charge in [0.25, 0.3) is 11.8 Å². The van der Waals surface area contributed by atoms with Crippen LogP contribution in [0.4, 0.5) is 5.69 Å². The molecule has 24 heavy (non-hydrogen) atoms. The minimum atomic E-state index is -0.455. The normalized spacial score (nSPS) is 13.9. The summed E-state index contributed by atoms with van der Waals surface area (Å²) in [6.07, 6.45) is 1.22. The van der Waals surface area contributed by atoms with Gasteiger partial charge in [0.1, 0.15) is 17.2 Å². The molecule has 0 aromatic heterocycles. The highest BCUT2D eigenvalue weighted by atomic mass is 16.5. The topological polar surface area (TPSA) is 78.9 Å². The molecule has 0 bridgehead atoms. The third-order valence-corrected chi connectivity index (χ3v) is 3.42. The molecule has 2 aromatic rings. The number of β-amino-alcohol motifs (C(OH)–C–C–N with tert-alkyl or cyclic N) is 1. The molecule has 2 N–H and O–H groups in total. The number of benzene rings is 2. The van der Waals surface area contributed by atoms with Crippen LogP contribution in [0.15, 0.2) is 66.4 Å². The molecule has 0 fully saturated rings. The van der Waals surface area contributed by atoms with Crippen molar-refractivity contribution in [2.75, 3.05) is 18.5 Å². The Hall–Kier alpha value is -3.12. The van der Waals surface area contributed by atoms with Gasteiger partial charge < -0.3 is 15.2 Å². The Bertz CT molecular complexity index is 787. The fraction of sp³-hybridized carbons (Fsp3) is 0.111. The first kappa shape index (κ1) is 15.8. The Labute approximate surface area is 139 Å². The highest BCUT2D eigenvalue weighted by molar-refractivity contribution is 6.17. The molecule has 6 nitrogen and oxygen atoms in total. The zero-order valence-corrected chi connectivity index (χ0v) is 12.8. The van der Waals surface area contributed by atoms with Crippen LogP contribution in [0.5, 0.6) is 11.5 Å². The summed E-state index contributed by atoms with van der Waals surface area (Å²) in [5.41, 5.74) is 0.798. The van der Waals surface area contributed by atoms with Crippen LogP contribution in [0.25, 0.3) is 0 Å². The van der Waals surface area contributed by atoms with E-state index in [4.69, 9.17) is 9.84 Å². The van der Waals surface area contributed by atoms with E-state index in [9.17, 15) is 9.59 Å². The molecule has 2 amide bonds. The largest absolute Gasteiger partial charge is 0.457 e. The maximum atomic E-state index is 12.1. The molecule has 0 aliphatic carbocycles. The van der Waals surface area contributed by atoms with Gasteiger partial charge >= 0.3 is 0 Å². The number of para-hydroxylation sites is 1. The van der Waals surface area contributed by atoms with Crippen molar-refractivity contribution in [3.8, 4) is 11.5 Å². The van der Waals surface area contributed by atoms with Crippen molar-refractivity contribution in [2.24, 2.45) is 0 Å². The van der Waals surface area contributed by atoms with Crippen LogP contribution in [-0.2, 0) is 9.59 Å². The molecular formula is C18H16N2O4. The third kappa shape index (κ3) is 3.44. The monoisotopic (exact) mass is 324 g/mol. The van der Waals surface area contributed by atoms with Gasteiger partial charge in [-0.15, -0.1) is 0 Å².